The van der Waals surface area contributed by atoms with Crippen molar-refractivity contribution >= 4 is 5.69 Å². The van der Waals surface area contributed by atoms with Gasteiger partial charge in [0.25, 0.3) is 0 Å². The number of aryl methyl sites for hydroxylation is 1. The molecule has 0 amide bonds. The van der Waals surface area contributed by atoms with Crippen molar-refractivity contribution in [3.05, 3.63) is 48.3 Å². The fraction of sp³-hybridized carbons (Fsp3) is 0.231. The minimum atomic E-state index is -0.547. The van der Waals surface area contributed by atoms with Crippen molar-refractivity contribution in [3.8, 4) is 6.07 Å². The first kappa shape index (κ1) is 12.1. The lowest BCUT2D eigenvalue weighted by Gasteiger charge is -2.14. The third kappa shape index (κ3) is 2.48. The number of rotatable bonds is 4. The summed E-state index contributed by atoms with van der Waals surface area (Å²) in [4.78, 5) is 4.02. The predicted octanol–water partition coefficient (Wildman–Crippen LogP) is 2.72. The van der Waals surface area contributed by atoms with Crippen LogP contribution in [0.1, 0.15) is 18.7 Å². The lowest BCUT2D eigenvalue weighted by atomic mass is 10.2. The number of aromatic nitrogens is 2. The van der Waals surface area contributed by atoms with Crippen molar-refractivity contribution in [3.63, 3.8) is 0 Å². The smallest absolute Gasteiger partial charge is 0.156 e. The first-order valence-corrected chi connectivity index (χ1v) is 5.66. The Morgan fingerprint density at radius 2 is 2.39 bits per heavy atom. The molecular formula is C13H13FN4. The van der Waals surface area contributed by atoms with Crippen LogP contribution >= 0.6 is 0 Å². The number of nitrogens with zero attached hydrogens (tertiary/aromatic N) is 3. The maximum Gasteiger partial charge on any atom is 0.156 e. The Hall–Kier alpha value is -2.35. The van der Waals surface area contributed by atoms with E-state index < -0.39 is 6.04 Å². The van der Waals surface area contributed by atoms with Crippen LogP contribution in [-0.4, -0.2) is 9.55 Å². The van der Waals surface area contributed by atoms with Crippen molar-refractivity contribution in [1.82, 2.24) is 9.55 Å². The van der Waals surface area contributed by atoms with Gasteiger partial charge in [-0.3, -0.25) is 0 Å². The molecule has 0 saturated heterocycles. The van der Waals surface area contributed by atoms with Crippen LogP contribution in [0.15, 0.2) is 36.8 Å². The van der Waals surface area contributed by atoms with Gasteiger partial charge in [-0.15, -0.1) is 0 Å². The van der Waals surface area contributed by atoms with Gasteiger partial charge in [-0.2, -0.15) is 5.26 Å². The van der Waals surface area contributed by atoms with E-state index in [9.17, 15) is 9.65 Å². The van der Waals surface area contributed by atoms with Gasteiger partial charge in [-0.1, -0.05) is 6.07 Å². The number of nitrogens with one attached hydrogen (secondary N) is 1. The lowest BCUT2D eigenvalue weighted by molar-refractivity contribution is 0.628. The van der Waals surface area contributed by atoms with E-state index in [1.165, 1.54) is 12.1 Å². The number of hydrogen-bond acceptors (Lipinski definition) is 3. The summed E-state index contributed by atoms with van der Waals surface area (Å²) in [5.74, 6) is -0.333. The van der Waals surface area contributed by atoms with Crippen LogP contribution in [0.2, 0.25) is 0 Å². The van der Waals surface area contributed by atoms with Gasteiger partial charge in [0.05, 0.1) is 24.3 Å². The minimum Gasteiger partial charge on any atom is -0.365 e. The van der Waals surface area contributed by atoms with Crippen LogP contribution in [0.5, 0.6) is 0 Å². The highest BCUT2D eigenvalue weighted by Gasteiger charge is 2.14. The first-order valence-electron chi connectivity index (χ1n) is 5.66. The van der Waals surface area contributed by atoms with Gasteiger partial charge < -0.3 is 9.88 Å². The van der Waals surface area contributed by atoms with Gasteiger partial charge in [0.1, 0.15) is 5.82 Å². The molecule has 1 N–H and O–H groups in total. The van der Waals surface area contributed by atoms with Crippen molar-refractivity contribution < 1.29 is 4.39 Å². The van der Waals surface area contributed by atoms with E-state index in [2.05, 4.69) is 16.4 Å². The number of benzene rings is 1. The first-order chi connectivity index (χ1) is 8.74. The molecule has 0 aliphatic heterocycles. The summed E-state index contributed by atoms with van der Waals surface area (Å²) in [5.41, 5.74) is 1.34. The third-order valence-electron chi connectivity index (χ3n) is 2.65. The number of nitriles is 1. The second kappa shape index (κ2) is 5.32. The van der Waals surface area contributed by atoms with Crippen LogP contribution in [0, 0.1) is 17.1 Å². The van der Waals surface area contributed by atoms with Gasteiger partial charge in [-0.05, 0) is 25.1 Å². The van der Waals surface area contributed by atoms with Gasteiger partial charge in [0.15, 0.2) is 6.04 Å². The van der Waals surface area contributed by atoms with Crippen LogP contribution in [0.25, 0.3) is 0 Å². The average Bonchev–Trinajstić information content (AvgIpc) is 2.84. The lowest BCUT2D eigenvalue weighted by Crippen LogP contribution is -2.13. The molecule has 1 heterocycles. The average molecular weight is 244 g/mol. The fourth-order valence-electron chi connectivity index (χ4n) is 1.75. The van der Waals surface area contributed by atoms with Gasteiger partial charge in [-0.25, -0.2) is 9.37 Å². The van der Waals surface area contributed by atoms with E-state index in [0.717, 1.165) is 12.2 Å². The summed E-state index contributed by atoms with van der Waals surface area (Å²) in [7, 11) is 0. The zero-order valence-electron chi connectivity index (χ0n) is 9.97. The Kier molecular flexibility index (Phi) is 3.58. The highest BCUT2D eigenvalue weighted by Crippen LogP contribution is 2.19. The highest BCUT2D eigenvalue weighted by atomic mass is 19.1. The Morgan fingerprint density at radius 1 is 1.56 bits per heavy atom. The molecule has 0 aliphatic carbocycles. The predicted molar refractivity (Wildman–Crippen MR) is 66.3 cm³/mol. The Balaban J connectivity index is 2.23. The summed E-state index contributed by atoms with van der Waals surface area (Å²) < 4.78 is 14.9. The zero-order valence-corrected chi connectivity index (χ0v) is 9.97. The molecule has 1 unspecified atom stereocenters. The zero-order chi connectivity index (χ0) is 13.0. The monoisotopic (exact) mass is 244 g/mol. The van der Waals surface area contributed by atoms with Crippen LogP contribution in [-0.2, 0) is 6.54 Å². The molecule has 5 heteroatoms. The second-order valence-electron chi connectivity index (χ2n) is 3.82. The topological polar surface area (TPSA) is 53.6 Å². The van der Waals surface area contributed by atoms with Gasteiger partial charge >= 0.3 is 0 Å². The van der Waals surface area contributed by atoms with E-state index in [-0.39, 0.29) is 5.82 Å². The molecule has 0 fully saturated rings. The van der Waals surface area contributed by atoms with Gasteiger partial charge in [0.2, 0.25) is 0 Å². The molecule has 2 aromatic rings. The molecule has 0 bridgehead atoms. The van der Waals surface area contributed by atoms with E-state index in [1.54, 1.807) is 24.7 Å². The minimum absolute atomic E-state index is 0.333. The largest absolute Gasteiger partial charge is 0.365 e. The van der Waals surface area contributed by atoms with E-state index in [4.69, 9.17) is 0 Å². The Bertz CT molecular complexity index is 570. The summed E-state index contributed by atoms with van der Waals surface area (Å²) >= 11 is 0. The SMILES string of the molecule is CCn1cncc1C(C#N)Nc1cccc(F)c1. The van der Waals surface area contributed by atoms with Gasteiger partial charge in [0, 0.05) is 12.2 Å². The van der Waals surface area contributed by atoms with Crippen molar-refractivity contribution in [2.45, 2.75) is 19.5 Å². The summed E-state index contributed by atoms with van der Waals surface area (Å²) in [6, 6.07) is 7.65. The maximum atomic E-state index is 13.1. The summed E-state index contributed by atoms with van der Waals surface area (Å²) in [6.45, 7) is 2.71. The molecule has 2 rings (SSSR count). The van der Waals surface area contributed by atoms with Crippen molar-refractivity contribution in [2.75, 3.05) is 5.32 Å². The molecule has 4 nitrogen and oxygen atoms in total. The fourth-order valence-corrected chi connectivity index (χ4v) is 1.75. The Labute approximate surface area is 105 Å². The van der Waals surface area contributed by atoms with Crippen LogP contribution in [0.4, 0.5) is 10.1 Å². The highest BCUT2D eigenvalue weighted by molar-refractivity contribution is 5.46. The Morgan fingerprint density at radius 3 is 3.06 bits per heavy atom. The number of imidazole rings is 1. The molecule has 92 valence electrons. The molecule has 0 spiro atoms. The molecule has 1 aromatic heterocycles. The number of anilines is 1. The molecular weight excluding hydrogens is 231 g/mol. The van der Waals surface area contributed by atoms with E-state index in [0.29, 0.717) is 5.69 Å². The number of halogens is 1. The number of hydrogen-bond donors (Lipinski definition) is 1. The van der Waals surface area contributed by atoms with Crippen LogP contribution < -0.4 is 5.32 Å². The molecule has 0 radical (unpaired) electrons. The molecule has 18 heavy (non-hydrogen) atoms. The van der Waals surface area contributed by atoms with E-state index in [1.807, 2.05) is 11.5 Å². The van der Waals surface area contributed by atoms with E-state index >= 15 is 0 Å². The standard InChI is InChI=1S/C13H13FN4/c1-2-18-9-16-8-13(18)12(7-15)17-11-5-3-4-10(14)6-11/h3-6,8-9,12,17H,2H2,1H3. The molecule has 0 aliphatic rings. The maximum absolute atomic E-state index is 13.1. The molecule has 0 saturated carbocycles. The second-order valence-corrected chi connectivity index (χ2v) is 3.82. The molecule has 1 atom stereocenters. The summed E-state index contributed by atoms with van der Waals surface area (Å²) in [6.07, 6.45) is 3.32. The van der Waals surface area contributed by atoms with Crippen molar-refractivity contribution in [1.29, 1.82) is 5.26 Å². The quantitative estimate of drug-likeness (QED) is 0.899. The van der Waals surface area contributed by atoms with Crippen LogP contribution in [0.3, 0.4) is 0 Å². The summed E-state index contributed by atoms with van der Waals surface area (Å²) in [5, 5.41) is 12.2. The molecule has 1 aromatic carbocycles. The third-order valence-corrected chi connectivity index (χ3v) is 2.65. The normalized spacial score (nSPS) is 11.8. The van der Waals surface area contributed by atoms with Crippen molar-refractivity contribution in [2.24, 2.45) is 0 Å².